The Bertz CT molecular complexity index is 637. The summed E-state index contributed by atoms with van der Waals surface area (Å²) in [5, 5.41) is 6.73. The zero-order chi connectivity index (χ0) is 18.7. The summed E-state index contributed by atoms with van der Waals surface area (Å²) in [5.74, 6) is 0.507. The predicted molar refractivity (Wildman–Crippen MR) is 102 cm³/mol. The van der Waals surface area contributed by atoms with E-state index in [0.29, 0.717) is 35.6 Å². The summed E-state index contributed by atoms with van der Waals surface area (Å²) in [6.07, 6.45) is 10.00. The SMILES string of the molecule is CCC(C)(C)Nc1nc(N[C@H]2CC[C@H](OC3CC3)CC2)ncc1C(N)=O. The fraction of sp³-hybridized carbons (Fsp3) is 0.737. The van der Waals surface area contributed by atoms with Crippen molar-refractivity contribution in [2.24, 2.45) is 5.73 Å². The molecule has 0 radical (unpaired) electrons. The van der Waals surface area contributed by atoms with Crippen LogP contribution in [0.2, 0.25) is 0 Å². The summed E-state index contributed by atoms with van der Waals surface area (Å²) >= 11 is 0. The summed E-state index contributed by atoms with van der Waals surface area (Å²) in [5.41, 5.74) is 5.61. The first-order valence-electron chi connectivity index (χ1n) is 9.73. The Labute approximate surface area is 155 Å². The van der Waals surface area contributed by atoms with E-state index in [1.165, 1.54) is 19.0 Å². The number of carbonyl (C=O) groups excluding carboxylic acids is 1. The van der Waals surface area contributed by atoms with E-state index in [1.807, 2.05) is 0 Å². The number of rotatable bonds is 8. The molecular formula is C19H31N5O2. The maximum absolute atomic E-state index is 11.7. The molecule has 1 aromatic heterocycles. The first kappa shape index (κ1) is 18.9. The molecular weight excluding hydrogens is 330 g/mol. The quantitative estimate of drug-likeness (QED) is 0.657. The highest BCUT2D eigenvalue weighted by molar-refractivity contribution is 5.97. The lowest BCUT2D eigenvalue weighted by molar-refractivity contribution is 0.0146. The van der Waals surface area contributed by atoms with E-state index in [4.69, 9.17) is 10.5 Å². The Morgan fingerprint density at radius 2 is 1.85 bits per heavy atom. The Hall–Kier alpha value is -1.89. The molecule has 0 saturated heterocycles. The maximum Gasteiger partial charge on any atom is 0.254 e. The van der Waals surface area contributed by atoms with Crippen molar-refractivity contribution >= 4 is 17.7 Å². The van der Waals surface area contributed by atoms with Crippen molar-refractivity contribution in [1.82, 2.24) is 9.97 Å². The van der Waals surface area contributed by atoms with E-state index < -0.39 is 5.91 Å². The van der Waals surface area contributed by atoms with Crippen molar-refractivity contribution < 1.29 is 9.53 Å². The summed E-state index contributed by atoms with van der Waals surface area (Å²) in [6.45, 7) is 6.21. The molecule has 0 aliphatic heterocycles. The van der Waals surface area contributed by atoms with Crippen molar-refractivity contribution in [3.63, 3.8) is 0 Å². The van der Waals surface area contributed by atoms with Gasteiger partial charge in [-0.15, -0.1) is 0 Å². The number of anilines is 2. The molecule has 2 aliphatic rings. The second-order valence-corrected chi connectivity index (χ2v) is 8.14. The largest absolute Gasteiger partial charge is 0.375 e. The van der Waals surface area contributed by atoms with Crippen LogP contribution in [-0.4, -0.2) is 39.7 Å². The van der Waals surface area contributed by atoms with Gasteiger partial charge in [0.15, 0.2) is 0 Å². The van der Waals surface area contributed by atoms with Crippen LogP contribution in [0.15, 0.2) is 6.20 Å². The van der Waals surface area contributed by atoms with Gasteiger partial charge in [0.05, 0.1) is 17.8 Å². The van der Waals surface area contributed by atoms with Crippen LogP contribution in [0.5, 0.6) is 0 Å². The number of primary amides is 1. The third-order valence-electron chi connectivity index (χ3n) is 5.31. The first-order chi connectivity index (χ1) is 12.4. The van der Waals surface area contributed by atoms with Crippen LogP contribution in [0.25, 0.3) is 0 Å². The van der Waals surface area contributed by atoms with Crippen LogP contribution in [0.4, 0.5) is 11.8 Å². The fourth-order valence-corrected chi connectivity index (χ4v) is 3.14. The Balaban J connectivity index is 1.63. The molecule has 2 aliphatic carbocycles. The summed E-state index contributed by atoms with van der Waals surface area (Å²) < 4.78 is 6.01. The topological polar surface area (TPSA) is 102 Å². The minimum absolute atomic E-state index is 0.186. The first-order valence-corrected chi connectivity index (χ1v) is 9.73. The van der Waals surface area contributed by atoms with Gasteiger partial charge in [0.1, 0.15) is 5.82 Å². The Kier molecular flexibility index (Phi) is 5.65. The maximum atomic E-state index is 11.7. The van der Waals surface area contributed by atoms with Crippen LogP contribution in [0, 0.1) is 0 Å². The standard InChI is InChI=1S/C19H31N5O2/c1-4-19(2,3)24-17-15(16(20)25)11-21-18(23-17)22-12-5-7-13(8-6-12)26-14-9-10-14/h11-14H,4-10H2,1-3H3,(H2,20,25)(H2,21,22,23,24)/t12-,13-. The molecule has 7 nitrogen and oxygen atoms in total. The summed E-state index contributed by atoms with van der Waals surface area (Å²) in [4.78, 5) is 20.5. The molecule has 1 aromatic rings. The van der Waals surface area contributed by atoms with E-state index in [-0.39, 0.29) is 5.54 Å². The fourth-order valence-electron chi connectivity index (χ4n) is 3.14. The molecule has 0 atom stereocenters. The predicted octanol–water partition coefficient (Wildman–Crippen LogP) is 3.08. The second kappa shape index (κ2) is 7.78. The van der Waals surface area contributed by atoms with Crippen LogP contribution in [-0.2, 0) is 4.74 Å². The van der Waals surface area contributed by atoms with Crippen molar-refractivity contribution in [3.8, 4) is 0 Å². The van der Waals surface area contributed by atoms with Crippen molar-refractivity contribution in [2.45, 2.75) is 89.5 Å². The number of nitrogens with zero attached hydrogens (tertiary/aromatic N) is 2. The van der Waals surface area contributed by atoms with Gasteiger partial charge in [-0.3, -0.25) is 4.79 Å². The average molecular weight is 361 g/mol. The van der Waals surface area contributed by atoms with E-state index in [0.717, 1.165) is 32.1 Å². The van der Waals surface area contributed by atoms with Gasteiger partial charge < -0.3 is 21.1 Å². The number of nitrogens with one attached hydrogen (secondary N) is 2. The molecule has 0 bridgehead atoms. The minimum Gasteiger partial charge on any atom is -0.375 e. The van der Waals surface area contributed by atoms with Gasteiger partial charge in [-0.2, -0.15) is 4.98 Å². The lowest BCUT2D eigenvalue weighted by Crippen LogP contribution is -2.33. The molecule has 2 saturated carbocycles. The molecule has 3 rings (SSSR count). The number of hydrogen-bond donors (Lipinski definition) is 3. The molecule has 7 heteroatoms. The smallest absolute Gasteiger partial charge is 0.254 e. The average Bonchev–Trinajstić information content (AvgIpc) is 3.40. The van der Waals surface area contributed by atoms with E-state index >= 15 is 0 Å². The molecule has 2 fully saturated rings. The number of carbonyl (C=O) groups is 1. The number of hydrogen-bond acceptors (Lipinski definition) is 6. The monoisotopic (exact) mass is 361 g/mol. The van der Waals surface area contributed by atoms with Gasteiger partial charge in [-0.05, 0) is 58.8 Å². The molecule has 0 spiro atoms. The van der Waals surface area contributed by atoms with Gasteiger partial charge in [0.2, 0.25) is 5.95 Å². The number of amides is 1. The highest BCUT2D eigenvalue weighted by atomic mass is 16.5. The summed E-state index contributed by atoms with van der Waals surface area (Å²) in [7, 11) is 0. The highest BCUT2D eigenvalue weighted by Crippen LogP contribution is 2.31. The second-order valence-electron chi connectivity index (χ2n) is 8.14. The summed E-state index contributed by atoms with van der Waals surface area (Å²) in [6, 6.07) is 0.334. The molecule has 1 amide bonds. The number of aromatic nitrogens is 2. The van der Waals surface area contributed by atoms with E-state index in [1.54, 1.807) is 0 Å². The van der Waals surface area contributed by atoms with Crippen LogP contribution in [0.3, 0.4) is 0 Å². The van der Waals surface area contributed by atoms with E-state index in [9.17, 15) is 4.79 Å². The third-order valence-corrected chi connectivity index (χ3v) is 5.31. The highest BCUT2D eigenvalue weighted by Gasteiger charge is 2.29. The van der Waals surface area contributed by atoms with Crippen molar-refractivity contribution in [1.29, 1.82) is 0 Å². The molecule has 144 valence electrons. The molecule has 0 aromatic carbocycles. The molecule has 0 unspecified atom stereocenters. The Morgan fingerprint density at radius 3 is 2.38 bits per heavy atom. The van der Waals surface area contributed by atoms with Crippen molar-refractivity contribution in [2.75, 3.05) is 10.6 Å². The molecule has 1 heterocycles. The lowest BCUT2D eigenvalue weighted by atomic mass is 9.93. The molecule has 26 heavy (non-hydrogen) atoms. The van der Waals surface area contributed by atoms with Crippen LogP contribution < -0.4 is 16.4 Å². The Morgan fingerprint density at radius 1 is 1.23 bits per heavy atom. The van der Waals surface area contributed by atoms with Crippen molar-refractivity contribution in [3.05, 3.63) is 11.8 Å². The van der Waals surface area contributed by atoms with Gasteiger partial charge in [-0.25, -0.2) is 4.98 Å². The third kappa shape index (κ3) is 5.06. The zero-order valence-electron chi connectivity index (χ0n) is 16.0. The van der Waals surface area contributed by atoms with Gasteiger partial charge in [-0.1, -0.05) is 6.92 Å². The lowest BCUT2D eigenvalue weighted by Gasteiger charge is -2.30. The number of ether oxygens (including phenoxy) is 1. The van der Waals surface area contributed by atoms with E-state index in [2.05, 4.69) is 41.4 Å². The van der Waals surface area contributed by atoms with Gasteiger partial charge >= 0.3 is 0 Å². The van der Waals surface area contributed by atoms with Crippen LogP contribution in [0.1, 0.15) is 76.1 Å². The van der Waals surface area contributed by atoms with Gasteiger partial charge in [0, 0.05) is 17.8 Å². The van der Waals surface area contributed by atoms with Gasteiger partial charge in [0.25, 0.3) is 5.91 Å². The minimum atomic E-state index is -0.524. The normalized spacial score (nSPS) is 23.5. The molecule has 4 N–H and O–H groups in total. The zero-order valence-corrected chi connectivity index (χ0v) is 16.0. The van der Waals surface area contributed by atoms with Crippen LogP contribution >= 0.6 is 0 Å². The number of nitrogens with two attached hydrogens (primary N) is 1.